The predicted octanol–water partition coefficient (Wildman–Crippen LogP) is 1.09. The fourth-order valence-corrected chi connectivity index (χ4v) is 2.02. The fraction of sp³-hybridized carbons (Fsp3) is 0.400. The van der Waals surface area contributed by atoms with Gasteiger partial charge in [0.15, 0.2) is 5.82 Å². The number of aryl methyl sites for hydroxylation is 1. The molecule has 0 aromatic carbocycles. The van der Waals surface area contributed by atoms with Crippen LogP contribution in [0.1, 0.15) is 17.1 Å². The van der Waals surface area contributed by atoms with Crippen molar-refractivity contribution in [1.29, 1.82) is 0 Å². The maximum atomic E-state index is 9.38. The normalized spacial score (nSPS) is 15.7. The van der Waals surface area contributed by atoms with Gasteiger partial charge in [0.2, 0.25) is 0 Å². The van der Waals surface area contributed by atoms with Gasteiger partial charge in [-0.15, -0.1) is 0 Å². The average molecular weight is 220 g/mol. The molecule has 1 aliphatic rings. The van der Waals surface area contributed by atoms with Crippen molar-refractivity contribution in [2.45, 2.75) is 20.0 Å². The van der Waals surface area contributed by atoms with E-state index in [1.807, 2.05) is 24.6 Å². The second-order valence-corrected chi connectivity index (χ2v) is 4.03. The van der Waals surface area contributed by atoms with Crippen LogP contribution in [0.2, 0.25) is 0 Å². The summed E-state index contributed by atoms with van der Waals surface area (Å²) in [6.07, 6.45) is 0. The van der Waals surface area contributed by atoms with Gasteiger partial charge in [-0.3, -0.25) is 0 Å². The maximum absolute atomic E-state index is 9.38. The van der Waals surface area contributed by atoms with E-state index in [0.29, 0.717) is 13.1 Å². The summed E-state index contributed by atoms with van der Waals surface area (Å²) in [5, 5.41) is 14.6. The van der Waals surface area contributed by atoms with Gasteiger partial charge < -0.3 is 14.3 Å². The summed E-state index contributed by atoms with van der Waals surface area (Å²) in [7, 11) is 1.92. The Hall–Kier alpha value is -1.66. The van der Waals surface area contributed by atoms with E-state index in [9.17, 15) is 5.21 Å². The minimum atomic E-state index is 0.472. The van der Waals surface area contributed by atoms with Crippen LogP contribution in [0.25, 0.3) is 11.5 Å². The van der Waals surface area contributed by atoms with Gasteiger partial charge in [0.05, 0.1) is 24.5 Å². The van der Waals surface area contributed by atoms with E-state index >= 15 is 0 Å². The zero-order valence-corrected chi connectivity index (χ0v) is 9.14. The smallest absolute Gasteiger partial charge is 0.162 e. The first kappa shape index (κ1) is 9.56. The Kier molecular flexibility index (Phi) is 1.89. The summed E-state index contributed by atoms with van der Waals surface area (Å²) < 4.78 is 6.98. The number of rotatable bonds is 1. The van der Waals surface area contributed by atoms with E-state index in [1.165, 1.54) is 5.06 Å². The molecule has 3 rings (SSSR count). The van der Waals surface area contributed by atoms with Gasteiger partial charge in [-0.05, 0) is 6.92 Å². The van der Waals surface area contributed by atoms with E-state index in [2.05, 4.69) is 10.1 Å². The summed E-state index contributed by atoms with van der Waals surface area (Å²) in [6, 6.07) is 1.86. The highest BCUT2D eigenvalue weighted by Gasteiger charge is 2.25. The molecule has 0 amide bonds. The summed E-state index contributed by atoms with van der Waals surface area (Å²) >= 11 is 0. The van der Waals surface area contributed by atoms with Crippen molar-refractivity contribution in [2.24, 2.45) is 7.05 Å². The minimum Gasteiger partial charge on any atom is -0.361 e. The molecule has 0 atom stereocenters. The van der Waals surface area contributed by atoms with Gasteiger partial charge in [0.1, 0.15) is 11.5 Å². The van der Waals surface area contributed by atoms with Gasteiger partial charge in [0.25, 0.3) is 0 Å². The molecule has 1 aliphatic heterocycles. The molecule has 0 bridgehead atoms. The van der Waals surface area contributed by atoms with E-state index < -0.39 is 0 Å². The van der Waals surface area contributed by atoms with Crippen molar-refractivity contribution in [2.75, 3.05) is 0 Å². The van der Waals surface area contributed by atoms with Gasteiger partial charge in [-0.25, -0.2) is 4.98 Å². The van der Waals surface area contributed by atoms with Gasteiger partial charge in [-0.2, -0.15) is 5.06 Å². The molecule has 0 saturated heterocycles. The third kappa shape index (κ3) is 1.27. The van der Waals surface area contributed by atoms with Crippen LogP contribution in [0.4, 0.5) is 0 Å². The van der Waals surface area contributed by atoms with Crippen LogP contribution in [-0.4, -0.2) is 25.0 Å². The third-order valence-corrected chi connectivity index (χ3v) is 2.82. The molecular weight excluding hydrogens is 208 g/mol. The first-order valence-electron chi connectivity index (χ1n) is 5.07. The highest BCUT2D eigenvalue weighted by Crippen LogP contribution is 2.26. The third-order valence-electron chi connectivity index (χ3n) is 2.82. The second kappa shape index (κ2) is 3.16. The highest BCUT2D eigenvalue weighted by atomic mass is 16.5. The molecule has 0 saturated carbocycles. The predicted molar refractivity (Wildman–Crippen MR) is 54.5 cm³/mol. The van der Waals surface area contributed by atoms with Crippen molar-refractivity contribution >= 4 is 0 Å². The lowest BCUT2D eigenvalue weighted by Gasteiger charge is -2.05. The SMILES string of the molecule is Cc1cc(-c2nc3c(n2C)CN(O)C3)no1. The molecule has 16 heavy (non-hydrogen) atoms. The summed E-state index contributed by atoms with van der Waals surface area (Å²) in [5.41, 5.74) is 2.66. The van der Waals surface area contributed by atoms with Crippen LogP contribution < -0.4 is 0 Å². The number of hydroxylamine groups is 2. The molecule has 0 fully saturated rings. The van der Waals surface area contributed by atoms with Crippen molar-refractivity contribution < 1.29 is 9.73 Å². The molecular formula is C10H12N4O2. The summed E-state index contributed by atoms with van der Waals surface area (Å²) in [6.45, 7) is 2.83. The Morgan fingerprint density at radius 1 is 1.44 bits per heavy atom. The number of fused-ring (bicyclic) bond motifs is 1. The molecule has 0 spiro atoms. The van der Waals surface area contributed by atoms with E-state index in [1.54, 1.807) is 0 Å². The van der Waals surface area contributed by atoms with Crippen molar-refractivity contribution in [1.82, 2.24) is 19.8 Å². The molecule has 2 aromatic rings. The van der Waals surface area contributed by atoms with Crippen LogP contribution in [-0.2, 0) is 20.1 Å². The number of imidazole rings is 1. The quantitative estimate of drug-likeness (QED) is 0.779. The first-order valence-corrected chi connectivity index (χ1v) is 5.07. The Balaban J connectivity index is 2.08. The van der Waals surface area contributed by atoms with Crippen LogP contribution in [0, 0.1) is 6.92 Å². The van der Waals surface area contributed by atoms with E-state index in [4.69, 9.17) is 4.52 Å². The number of aromatic nitrogens is 3. The Bertz CT molecular complexity index is 543. The van der Waals surface area contributed by atoms with E-state index in [-0.39, 0.29) is 0 Å². The standard InChI is InChI=1S/C10H12N4O2/c1-6-3-7(12-16-6)10-11-8-4-14(15)5-9(8)13(10)2/h3,15H,4-5H2,1-2H3. The van der Waals surface area contributed by atoms with Crippen LogP contribution in [0.3, 0.4) is 0 Å². The molecule has 6 nitrogen and oxygen atoms in total. The molecule has 0 radical (unpaired) electrons. The lowest BCUT2D eigenvalue weighted by Crippen LogP contribution is -2.12. The summed E-state index contributed by atoms with van der Waals surface area (Å²) in [5.74, 6) is 1.55. The Morgan fingerprint density at radius 2 is 2.25 bits per heavy atom. The minimum absolute atomic E-state index is 0.472. The summed E-state index contributed by atoms with van der Waals surface area (Å²) in [4.78, 5) is 4.46. The molecule has 0 aliphatic carbocycles. The fourth-order valence-electron chi connectivity index (χ4n) is 2.02. The molecule has 3 heterocycles. The first-order chi connectivity index (χ1) is 7.65. The molecule has 6 heteroatoms. The second-order valence-electron chi connectivity index (χ2n) is 4.03. The Labute approximate surface area is 92.1 Å². The maximum Gasteiger partial charge on any atom is 0.162 e. The lowest BCUT2D eigenvalue weighted by molar-refractivity contribution is -0.0984. The number of hydrogen-bond donors (Lipinski definition) is 1. The Morgan fingerprint density at radius 3 is 2.88 bits per heavy atom. The van der Waals surface area contributed by atoms with Crippen LogP contribution in [0.15, 0.2) is 10.6 Å². The van der Waals surface area contributed by atoms with Crippen molar-refractivity contribution in [3.63, 3.8) is 0 Å². The molecule has 84 valence electrons. The average Bonchev–Trinajstić information content (AvgIpc) is 2.85. The van der Waals surface area contributed by atoms with Crippen molar-refractivity contribution in [3.8, 4) is 11.5 Å². The number of nitrogens with zero attached hydrogens (tertiary/aromatic N) is 4. The molecule has 1 N–H and O–H groups in total. The van der Waals surface area contributed by atoms with E-state index in [0.717, 1.165) is 28.7 Å². The van der Waals surface area contributed by atoms with Gasteiger partial charge >= 0.3 is 0 Å². The van der Waals surface area contributed by atoms with Gasteiger partial charge in [0, 0.05) is 13.1 Å². The van der Waals surface area contributed by atoms with Crippen LogP contribution in [0.5, 0.6) is 0 Å². The lowest BCUT2D eigenvalue weighted by atomic mass is 10.3. The van der Waals surface area contributed by atoms with Gasteiger partial charge in [-0.1, -0.05) is 5.16 Å². The zero-order valence-electron chi connectivity index (χ0n) is 9.14. The topological polar surface area (TPSA) is 67.3 Å². The number of hydrogen-bond acceptors (Lipinski definition) is 5. The monoisotopic (exact) mass is 220 g/mol. The largest absolute Gasteiger partial charge is 0.361 e. The zero-order chi connectivity index (χ0) is 11.3. The highest BCUT2D eigenvalue weighted by molar-refractivity contribution is 5.51. The molecule has 0 unspecified atom stereocenters. The van der Waals surface area contributed by atoms with Crippen LogP contribution >= 0.6 is 0 Å². The van der Waals surface area contributed by atoms with Crippen molar-refractivity contribution in [3.05, 3.63) is 23.2 Å². The molecule has 2 aromatic heterocycles.